The van der Waals surface area contributed by atoms with Crippen LogP contribution < -0.4 is 15.9 Å². The van der Waals surface area contributed by atoms with E-state index in [4.69, 9.17) is 0 Å². The quantitative estimate of drug-likeness (QED) is 0.249. The standard InChI is InChI=1S/C34H27O2PS/c1-26-21-23-30(24-22-26)38(35,36)34-25-32(27-13-5-2-6-14-27)31-19-11-12-20-33(31)37(34,28-15-7-3-8-16-28)29-17-9-4-10-18-29/h2-25H,1H3. The molecule has 0 amide bonds. The lowest BCUT2D eigenvalue weighted by Gasteiger charge is -2.36. The topological polar surface area (TPSA) is 34.1 Å². The Hall–Kier alpha value is -3.91. The summed E-state index contributed by atoms with van der Waals surface area (Å²) in [7, 11) is -3.88. The molecule has 0 fully saturated rings. The highest BCUT2D eigenvalue weighted by molar-refractivity contribution is 8.20. The van der Waals surface area contributed by atoms with Crippen LogP contribution in [0.15, 0.2) is 150 Å². The molecule has 0 unspecified atom stereocenters. The number of hydrogen-bond acceptors (Lipinski definition) is 2. The lowest BCUT2D eigenvalue weighted by molar-refractivity contribution is 0.608. The summed E-state index contributed by atoms with van der Waals surface area (Å²) in [4.78, 5) is 0.317. The van der Waals surface area contributed by atoms with Gasteiger partial charge in [0.25, 0.3) is 0 Å². The number of sulfone groups is 1. The van der Waals surface area contributed by atoms with Gasteiger partial charge in [-0.25, -0.2) is 8.42 Å². The molecule has 0 N–H and O–H groups in total. The molecule has 38 heavy (non-hydrogen) atoms. The van der Waals surface area contributed by atoms with Gasteiger partial charge in [0.2, 0.25) is 9.84 Å². The van der Waals surface area contributed by atoms with Crippen LogP contribution in [0.2, 0.25) is 0 Å². The average Bonchev–Trinajstić information content (AvgIpc) is 2.98. The fraction of sp³-hybridized carbons (Fsp3) is 0.0294. The highest BCUT2D eigenvalue weighted by Crippen LogP contribution is 2.53. The van der Waals surface area contributed by atoms with Crippen LogP contribution in [0, 0.1) is 6.92 Å². The maximum atomic E-state index is 14.8. The van der Waals surface area contributed by atoms with E-state index >= 15 is 0 Å². The molecule has 0 saturated carbocycles. The summed E-state index contributed by atoms with van der Waals surface area (Å²) in [5.74, 6) is 0. The zero-order valence-corrected chi connectivity index (χ0v) is 22.7. The van der Waals surface area contributed by atoms with Crippen LogP contribution in [0.5, 0.6) is 0 Å². The molecule has 2 nitrogen and oxygen atoms in total. The third kappa shape index (κ3) is 3.91. The van der Waals surface area contributed by atoms with Gasteiger partial charge in [-0.1, -0.05) is 133 Å². The molecule has 0 aromatic heterocycles. The molecular formula is C34H27O2PS. The third-order valence-electron chi connectivity index (χ3n) is 7.13. The van der Waals surface area contributed by atoms with Crippen molar-refractivity contribution in [2.75, 3.05) is 0 Å². The number of fused-ring (bicyclic) bond motifs is 1. The van der Waals surface area contributed by atoms with E-state index in [0.29, 0.717) is 9.52 Å². The van der Waals surface area contributed by atoms with Gasteiger partial charge in [-0.05, 0) is 64.6 Å². The van der Waals surface area contributed by atoms with Gasteiger partial charge in [0.15, 0.2) is 0 Å². The lowest BCUT2D eigenvalue weighted by atomic mass is 9.97. The summed E-state index contributed by atoms with van der Waals surface area (Å²) < 4.78 is 30.0. The number of benzene rings is 5. The van der Waals surface area contributed by atoms with Gasteiger partial charge in [-0.15, -0.1) is 0 Å². The van der Waals surface area contributed by atoms with Crippen LogP contribution in [0.4, 0.5) is 0 Å². The zero-order valence-electron chi connectivity index (χ0n) is 21.0. The molecule has 5 aromatic carbocycles. The Labute approximate surface area is 224 Å². The van der Waals surface area contributed by atoms with Gasteiger partial charge >= 0.3 is 0 Å². The van der Waals surface area contributed by atoms with Crippen LogP contribution in [-0.4, -0.2) is 13.0 Å². The number of rotatable bonds is 5. The molecule has 1 heterocycles. The highest BCUT2D eigenvalue weighted by atomic mass is 32.2. The molecule has 0 aliphatic carbocycles. The molecule has 0 bridgehead atoms. The van der Waals surface area contributed by atoms with E-state index in [-0.39, 0.29) is 0 Å². The second-order valence-electron chi connectivity index (χ2n) is 9.44. The van der Waals surface area contributed by atoms with Gasteiger partial charge in [-0.2, -0.15) is 0 Å². The molecule has 186 valence electrons. The van der Waals surface area contributed by atoms with Gasteiger partial charge in [0.05, 0.1) is 9.52 Å². The molecule has 0 spiro atoms. The van der Waals surface area contributed by atoms with Crippen molar-refractivity contribution in [3.8, 4) is 0 Å². The first-order valence-corrected chi connectivity index (χ1v) is 15.9. The summed E-state index contributed by atoms with van der Waals surface area (Å²) in [5.41, 5.74) is 4.02. The van der Waals surface area contributed by atoms with E-state index in [9.17, 15) is 8.42 Å². The SMILES string of the molecule is Cc1ccc(S(=O)(=O)C2=P(c3ccccc3)(c3ccccc3)c3ccccc3C(c3ccccc3)=C2)cc1. The lowest BCUT2D eigenvalue weighted by Crippen LogP contribution is -2.36. The second kappa shape index (κ2) is 9.76. The molecule has 5 aromatic rings. The smallest absolute Gasteiger partial charge is 0.207 e. The van der Waals surface area contributed by atoms with Crippen molar-refractivity contribution in [3.05, 3.63) is 162 Å². The Morgan fingerprint density at radius 2 is 1.05 bits per heavy atom. The molecule has 0 atom stereocenters. The first-order chi connectivity index (χ1) is 18.5. The van der Waals surface area contributed by atoms with E-state index in [0.717, 1.165) is 38.2 Å². The van der Waals surface area contributed by atoms with Crippen molar-refractivity contribution < 1.29 is 8.42 Å². The van der Waals surface area contributed by atoms with Crippen LogP contribution in [-0.2, 0) is 9.84 Å². The van der Waals surface area contributed by atoms with Gasteiger partial charge < -0.3 is 0 Å². The second-order valence-corrected chi connectivity index (χ2v) is 15.0. The Kier molecular flexibility index (Phi) is 6.27. The van der Waals surface area contributed by atoms with Gasteiger partial charge in [-0.3, -0.25) is 0 Å². The summed E-state index contributed by atoms with van der Waals surface area (Å²) in [6.45, 7) is -0.828. The normalized spacial score (nSPS) is 14.4. The number of aryl methyl sites for hydroxylation is 1. The predicted octanol–water partition coefficient (Wildman–Crippen LogP) is 6.34. The van der Waals surface area contributed by atoms with Crippen molar-refractivity contribution in [2.24, 2.45) is 0 Å². The van der Waals surface area contributed by atoms with E-state index in [1.165, 1.54) is 0 Å². The van der Waals surface area contributed by atoms with Crippen molar-refractivity contribution >= 4 is 42.8 Å². The van der Waals surface area contributed by atoms with Crippen LogP contribution in [0.25, 0.3) is 5.57 Å². The first kappa shape index (κ1) is 24.4. The third-order valence-corrected chi connectivity index (χ3v) is 14.3. The van der Waals surface area contributed by atoms with Crippen molar-refractivity contribution in [3.63, 3.8) is 0 Å². The molecule has 1 aliphatic rings. The molecule has 4 heteroatoms. The minimum absolute atomic E-state index is 0.317. The Morgan fingerprint density at radius 3 is 1.63 bits per heavy atom. The fourth-order valence-corrected chi connectivity index (χ4v) is 13.1. The van der Waals surface area contributed by atoms with Crippen molar-refractivity contribution in [1.29, 1.82) is 0 Å². The summed E-state index contributed by atoms with van der Waals surface area (Å²) >= 11 is 0. The predicted molar refractivity (Wildman–Crippen MR) is 162 cm³/mol. The molecule has 0 radical (unpaired) electrons. The van der Waals surface area contributed by atoms with Crippen LogP contribution >= 0.6 is 6.89 Å². The minimum atomic E-state index is -3.88. The summed E-state index contributed by atoms with van der Waals surface area (Å²) in [5, 5.41) is 3.10. The maximum absolute atomic E-state index is 14.8. The largest absolute Gasteiger partial charge is 0.218 e. The molecular weight excluding hydrogens is 503 g/mol. The molecule has 0 saturated heterocycles. The van der Waals surface area contributed by atoms with Crippen LogP contribution in [0.3, 0.4) is 0 Å². The van der Waals surface area contributed by atoms with Gasteiger partial charge in [0, 0.05) is 0 Å². The van der Waals surface area contributed by atoms with Crippen LogP contribution in [0.1, 0.15) is 16.7 Å². The fourth-order valence-electron chi connectivity index (χ4n) is 5.35. The first-order valence-electron chi connectivity index (χ1n) is 12.6. The van der Waals surface area contributed by atoms with Gasteiger partial charge in [0.1, 0.15) is 0 Å². The Balaban J connectivity index is 1.87. The minimum Gasteiger partial charge on any atom is -0.218 e. The monoisotopic (exact) mass is 530 g/mol. The van der Waals surface area contributed by atoms with E-state index in [1.54, 1.807) is 12.1 Å². The van der Waals surface area contributed by atoms with Crippen molar-refractivity contribution in [2.45, 2.75) is 11.8 Å². The molecule has 6 rings (SSSR count). The Morgan fingerprint density at radius 1 is 0.553 bits per heavy atom. The maximum Gasteiger partial charge on any atom is 0.207 e. The Bertz CT molecular complexity index is 1760. The van der Waals surface area contributed by atoms with E-state index < -0.39 is 16.7 Å². The van der Waals surface area contributed by atoms with E-state index in [1.807, 2.05) is 91.9 Å². The summed E-state index contributed by atoms with van der Waals surface area (Å²) in [6.07, 6.45) is 1.96. The zero-order chi connectivity index (χ0) is 26.2. The number of hydrogen-bond donors (Lipinski definition) is 0. The van der Waals surface area contributed by atoms with E-state index in [2.05, 4.69) is 48.5 Å². The average molecular weight is 531 g/mol. The highest BCUT2D eigenvalue weighted by Gasteiger charge is 2.40. The van der Waals surface area contributed by atoms with Crippen molar-refractivity contribution in [1.82, 2.24) is 0 Å². The summed E-state index contributed by atoms with van der Waals surface area (Å²) in [6, 6.07) is 46.0. The molecule has 1 aliphatic heterocycles.